The van der Waals surface area contributed by atoms with Crippen molar-refractivity contribution < 1.29 is 9.50 Å². The van der Waals surface area contributed by atoms with E-state index in [4.69, 9.17) is 0 Å². The second kappa shape index (κ2) is 4.38. The fraction of sp³-hybridized carbons (Fsp3) is 0.0714. The van der Waals surface area contributed by atoms with E-state index in [1.54, 1.807) is 18.2 Å². The van der Waals surface area contributed by atoms with E-state index in [-0.39, 0.29) is 11.6 Å². The third-order valence-corrected chi connectivity index (χ3v) is 3.75. The molecule has 3 rings (SSSR count). The van der Waals surface area contributed by atoms with E-state index >= 15 is 0 Å². The van der Waals surface area contributed by atoms with Gasteiger partial charge in [-0.2, -0.15) is 0 Å². The SMILES string of the molecule is Oc1ccccc1Cc1nc2ccc(F)cc2s1. The van der Waals surface area contributed by atoms with Crippen molar-refractivity contribution in [2.75, 3.05) is 0 Å². The number of phenols is 1. The van der Waals surface area contributed by atoms with Gasteiger partial charge in [0.25, 0.3) is 0 Å². The first-order chi connectivity index (χ1) is 8.72. The number of phenolic OH excluding ortho intramolecular Hbond substituents is 1. The topological polar surface area (TPSA) is 33.1 Å². The molecule has 0 aliphatic heterocycles. The van der Waals surface area contributed by atoms with Gasteiger partial charge in [-0.05, 0) is 24.3 Å². The number of aromatic nitrogens is 1. The fourth-order valence-electron chi connectivity index (χ4n) is 1.85. The van der Waals surface area contributed by atoms with E-state index in [1.807, 2.05) is 12.1 Å². The van der Waals surface area contributed by atoms with Crippen molar-refractivity contribution in [3.8, 4) is 5.75 Å². The van der Waals surface area contributed by atoms with E-state index in [1.165, 1.54) is 23.5 Å². The van der Waals surface area contributed by atoms with Crippen LogP contribution in [0.15, 0.2) is 42.5 Å². The van der Waals surface area contributed by atoms with Crippen molar-refractivity contribution in [1.29, 1.82) is 0 Å². The second-order valence-corrected chi connectivity index (χ2v) is 5.14. The molecule has 0 fully saturated rings. The highest BCUT2D eigenvalue weighted by Gasteiger charge is 2.07. The molecule has 1 heterocycles. The smallest absolute Gasteiger partial charge is 0.124 e. The predicted octanol–water partition coefficient (Wildman–Crippen LogP) is 3.73. The summed E-state index contributed by atoms with van der Waals surface area (Å²) in [5.41, 5.74) is 1.63. The van der Waals surface area contributed by atoms with Gasteiger partial charge in [-0.3, -0.25) is 0 Å². The zero-order valence-electron chi connectivity index (χ0n) is 9.43. The number of benzene rings is 2. The van der Waals surface area contributed by atoms with Gasteiger partial charge >= 0.3 is 0 Å². The molecule has 0 spiro atoms. The van der Waals surface area contributed by atoms with Gasteiger partial charge in [0.15, 0.2) is 0 Å². The summed E-state index contributed by atoms with van der Waals surface area (Å²) >= 11 is 1.45. The average Bonchev–Trinajstić information content (AvgIpc) is 2.73. The molecular weight excluding hydrogens is 249 g/mol. The molecule has 1 aromatic heterocycles. The molecule has 0 saturated heterocycles. The molecule has 90 valence electrons. The Kier molecular flexibility index (Phi) is 2.72. The summed E-state index contributed by atoms with van der Waals surface area (Å²) in [6.07, 6.45) is 0.563. The molecule has 0 aliphatic rings. The molecule has 3 aromatic rings. The van der Waals surface area contributed by atoms with Gasteiger partial charge in [0.05, 0.1) is 15.2 Å². The number of rotatable bonds is 2. The van der Waals surface area contributed by atoms with Crippen LogP contribution in [-0.4, -0.2) is 10.1 Å². The van der Waals surface area contributed by atoms with Crippen molar-refractivity contribution >= 4 is 21.6 Å². The van der Waals surface area contributed by atoms with E-state index < -0.39 is 0 Å². The summed E-state index contributed by atoms with van der Waals surface area (Å²) in [5.74, 6) is 0.0168. The molecule has 0 saturated carbocycles. The van der Waals surface area contributed by atoms with Gasteiger partial charge in [-0.25, -0.2) is 9.37 Å². The average molecular weight is 259 g/mol. The first kappa shape index (κ1) is 11.2. The standard InChI is InChI=1S/C14H10FNOS/c15-10-5-6-11-13(8-10)18-14(16-11)7-9-3-1-2-4-12(9)17/h1-6,8,17H,7H2. The van der Waals surface area contributed by atoms with E-state index in [2.05, 4.69) is 4.98 Å². The molecule has 0 bridgehead atoms. The lowest BCUT2D eigenvalue weighted by Crippen LogP contribution is -1.87. The lowest BCUT2D eigenvalue weighted by molar-refractivity contribution is 0.469. The van der Waals surface area contributed by atoms with Crippen LogP contribution in [0.2, 0.25) is 0 Å². The van der Waals surface area contributed by atoms with Gasteiger partial charge in [0.1, 0.15) is 11.6 Å². The number of para-hydroxylation sites is 1. The maximum Gasteiger partial charge on any atom is 0.124 e. The lowest BCUT2D eigenvalue weighted by Gasteiger charge is -2.00. The largest absolute Gasteiger partial charge is 0.508 e. The minimum atomic E-state index is -0.250. The van der Waals surface area contributed by atoms with Crippen LogP contribution in [0.4, 0.5) is 4.39 Å². The van der Waals surface area contributed by atoms with Crippen LogP contribution in [0.3, 0.4) is 0 Å². The van der Waals surface area contributed by atoms with Gasteiger partial charge in [0.2, 0.25) is 0 Å². The minimum Gasteiger partial charge on any atom is -0.508 e. The zero-order valence-corrected chi connectivity index (χ0v) is 10.2. The maximum atomic E-state index is 13.1. The van der Waals surface area contributed by atoms with Gasteiger partial charge in [-0.15, -0.1) is 11.3 Å². The molecule has 1 N–H and O–H groups in total. The molecule has 0 unspecified atom stereocenters. The van der Waals surface area contributed by atoms with Crippen LogP contribution in [0.25, 0.3) is 10.2 Å². The van der Waals surface area contributed by atoms with Crippen LogP contribution in [-0.2, 0) is 6.42 Å². The number of fused-ring (bicyclic) bond motifs is 1. The molecule has 18 heavy (non-hydrogen) atoms. The normalized spacial score (nSPS) is 10.9. The van der Waals surface area contributed by atoms with Crippen molar-refractivity contribution in [2.45, 2.75) is 6.42 Å². The van der Waals surface area contributed by atoms with E-state index in [0.717, 1.165) is 20.8 Å². The highest BCUT2D eigenvalue weighted by atomic mass is 32.1. The number of nitrogens with zero attached hydrogens (tertiary/aromatic N) is 1. The molecule has 4 heteroatoms. The van der Waals surface area contributed by atoms with Crippen molar-refractivity contribution in [3.63, 3.8) is 0 Å². The van der Waals surface area contributed by atoms with E-state index in [0.29, 0.717) is 6.42 Å². The third-order valence-electron chi connectivity index (χ3n) is 2.73. The Hall–Kier alpha value is -1.94. The number of hydrogen-bond acceptors (Lipinski definition) is 3. The maximum absolute atomic E-state index is 13.1. The lowest BCUT2D eigenvalue weighted by atomic mass is 10.1. The first-order valence-electron chi connectivity index (χ1n) is 5.54. The van der Waals surface area contributed by atoms with Gasteiger partial charge in [0, 0.05) is 12.0 Å². The van der Waals surface area contributed by atoms with Crippen LogP contribution in [0.1, 0.15) is 10.6 Å². The van der Waals surface area contributed by atoms with Crippen molar-refractivity contribution in [2.24, 2.45) is 0 Å². The van der Waals surface area contributed by atoms with Crippen molar-refractivity contribution in [3.05, 3.63) is 58.9 Å². The predicted molar refractivity (Wildman–Crippen MR) is 70.5 cm³/mol. The van der Waals surface area contributed by atoms with Crippen LogP contribution in [0.5, 0.6) is 5.75 Å². The Bertz CT molecular complexity index is 708. The van der Waals surface area contributed by atoms with Gasteiger partial charge < -0.3 is 5.11 Å². The van der Waals surface area contributed by atoms with Crippen LogP contribution < -0.4 is 0 Å². The van der Waals surface area contributed by atoms with E-state index in [9.17, 15) is 9.50 Å². The van der Waals surface area contributed by atoms with Crippen molar-refractivity contribution in [1.82, 2.24) is 4.98 Å². The molecule has 0 amide bonds. The number of aromatic hydroxyl groups is 1. The summed E-state index contributed by atoms with van der Waals surface area (Å²) in [4.78, 5) is 4.43. The summed E-state index contributed by atoms with van der Waals surface area (Å²) in [6, 6.07) is 11.8. The number of thiazole rings is 1. The number of halogens is 1. The second-order valence-electron chi connectivity index (χ2n) is 4.03. The molecule has 0 aliphatic carbocycles. The van der Waals surface area contributed by atoms with Crippen LogP contribution >= 0.6 is 11.3 Å². The fourth-order valence-corrected chi connectivity index (χ4v) is 2.86. The summed E-state index contributed by atoms with van der Waals surface area (Å²) in [7, 11) is 0. The number of hydrogen-bond donors (Lipinski definition) is 1. The third kappa shape index (κ3) is 2.07. The molecule has 0 atom stereocenters. The quantitative estimate of drug-likeness (QED) is 0.760. The summed E-state index contributed by atoms with van der Waals surface area (Å²) < 4.78 is 13.9. The summed E-state index contributed by atoms with van der Waals surface area (Å²) in [5, 5.41) is 10.6. The molecular formula is C14H10FNOS. The monoisotopic (exact) mass is 259 g/mol. The van der Waals surface area contributed by atoms with Crippen LogP contribution in [0, 0.1) is 5.82 Å². The highest BCUT2D eigenvalue weighted by Crippen LogP contribution is 2.27. The molecule has 2 nitrogen and oxygen atoms in total. The zero-order chi connectivity index (χ0) is 12.5. The Balaban J connectivity index is 1.98. The first-order valence-corrected chi connectivity index (χ1v) is 6.36. The Labute approximate surface area is 107 Å². The Morgan fingerprint density at radius 3 is 2.83 bits per heavy atom. The molecule has 2 aromatic carbocycles. The Morgan fingerprint density at radius 2 is 2.00 bits per heavy atom. The molecule has 0 radical (unpaired) electrons. The Morgan fingerprint density at radius 1 is 1.17 bits per heavy atom. The van der Waals surface area contributed by atoms with Gasteiger partial charge in [-0.1, -0.05) is 18.2 Å². The highest BCUT2D eigenvalue weighted by molar-refractivity contribution is 7.18. The minimum absolute atomic E-state index is 0.250. The summed E-state index contributed by atoms with van der Waals surface area (Å²) in [6.45, 7) is 0.